The minimum Gasteiger partial charge on any atom is -0.361 e. The highest BCUT2D eigenvalue weighted by Crippen LogP contribution is 2.22. The van der Waals surface area contributed by atoms with Gasteiger partial charge in [0.05, 0.1) is 6.04 Å². The normalized spacial score (nSPS) is 13.5. The summed E-state index contributed by atoms with van der Waals surface area (Å²) in [5.74, 6) is -0.378. The second-order valence-electron chi connectivity index (χ2n) is 8.80. The zero-order valence-electron chi connectivity index (χ0n) is 19.0. The van der Waals surface area contributed by atoms with Gasteiger partial charge >= 0.3 is 6.03 Å². The molecule has 0 aliphatic heterocycles. The number of nitrogens with two attached hydrogens (primary N) is 1. The predicted octanol–water partition coefficient (Wildman–Crippen LogP) is 3.33. The Hall–Kier alpha value is -2.67. The zero-order chi connectivity index (χ0) is 23.0. The first-order valence-electron chi connectivity index (χ1n) is 11.1. The first-order chi connectivity index (χ1) is 14.7. The molecule has 0 saturated heterocycles. The number of nitrogens with one attached hydrogen (secondary N) is 3. The number of ketones is 2. The maximum atomic E-state index is 13.3. The Bertz CT molecular complexity index is 888. The molecule has 170 valence electrons. The summed E-state index contributed by atoms with van der Waals surface area (Å²) < 4.78 is 0. The molecule has 2 atom stereocenters. The van der Waals surface area contributed by atoms with Crippen LogP contribution >= 0.6 is 0 Å². The van der Waals surface area contributed by atoms with E-state index < -0.39 is 6.03 Å². The number of urea groups is 1. The second kappa shape index (κ2) is 11.6. The van der Waals surface area contributed by atoms with Crippen LogP contribution < -0.4 is 16.4 Å². The fourth-order valence-corrected chi connectivity index (χ4v) is 3.95. The third-order valence-corrected chi connectivity index (χ3v) is 5.47. The van der Waals surface area contributed by atoms with Gasteiger partial charge in [0.1, 0.15) is 5.78 Å². The molecule has 2 aromatic rings. The van der Waals surface area contributed by atoms with Crippen LogP contribution in [0, 0.1) is 11.8 Å². The van der Waals surface area contributed by atoms with Crippen LogP contribution in [0.1, 0.15) is 52.5 Å². The van der Waals surface area contributed by atoms with Crippen molar-refractivity contribution >= 4 is 28.5 Å². The van der Waals surface area contributed by atoms with Gasteiger partial charge in [-0.1, -0.05) is 45.9 Å². The topological polar surface area (TPSA) is 117 Å². The number of hydrogen-bond acceptors (Lipinski definition) is 4. The molecule has 5 N–H and O–H groups in total. The van der Waals surface area contributed by atoms with E-state index in [1.54, 1.807) is 0 Å². The number of aromatic nitrogens is 1. The van der Waals surface area contributed by atoms with E-state index in [9.17, 15) is 14.4 Å². The molecule has 2 amide bonds. The summed E-state index contributed by atoms with van der Waals surface area (Å²) in [4.78, 5) is 40.2. The first kappa shape index (κ1) is 24.6. The lowest BCUT2D eigenvalue weighted by Gasteiger charge is -2.23. The van der Waals surface area contributed by atoms with E-state index in [2.05, 4.69) is 21.7 Å². The molecule has 7 nitrogen and oxygen atoms in total. The summed E-state index contributed by atoms with van der Waals surface area (Å²) in [5.41, 5.74) is 7.23. The Morgan fingerprint density at radius 2 is 1.81 bits per heavy atom. The number of para-hydroxylation sites is 1. The number of primary amides is 1. The molecule has 1 aromatic carbocycles. The lowest BCUT2D eigenvalue weighted by Crippen LogP contribution is -2.43. The van der Waals surface area contributed by atoms with E-state index in [0.717, 1.165) is 16.5 Å². The third-order valence-electron chi connectivity index (χ3n) is 5.47. The number of H-pyrrole nitrogens is 1. The number of carbonyl (C=O) groups is 3. The van der Waals surface area contributed by atoms with E-state index in [4.69, 9.17) is 5.73 Å². The van der Waals surface area contributed by atoms with E-state index in [0.29, 0.717) is 25.8 Å². The number of benzene rings is 1. The molecular formula is C24H36N4O3. The van der Waals surface area contributed by atoms with Crippen LogP contribution in [0.3, 0.4) is 0 Å². The van der Waals surface area contributed by atoms with E-state index >= 15 is 0 Å². The van der Waals surface area contributed by atoms with Crippen molar-refractivity contribution in [2.75, 3.05) is 6.54 Å². The van der Waals surface area contributed by atoms with Gasteiger partial charge in [-0.15, -0.1) is 0 Å². The maximum absolute atomic E-state index is 13.3. The van der Waals surface area contributed by atoms with Crippen molar-refractivity contribution < 1.29 is 14.4 Å². The Morgan fingerprint density at radius 3 is 2.45 bits per heavy atom. The first-order valence-corrected chi connectivity index (χ1v) is 11.1. The maximum Gasteiger partial charge on any atom is 0.312 e. The minimum absolute atomic E-state index is 0.0424. The SMILES string of the molecule is CC(C)N[C@H](Cc1c[nH]c2ccccc12)C(=O)C[C@@H](CCCNC(N)=O)C(=O)C(C)C. The fraction of sp³-hybridized carbons (Fsp3) is 0.542. The fourth-order valence-electron chi connectivity index (χ4n) is 3.95. The summed E-state index contributed by atoms with van der Waals surface area (Å²) in [5, 5.41) is 7.04. The molecule has 2 rings (SSSR count). The lowest BCUT2D eigenvalue weighted by molar-refractivity contribution is -0.131. The highest BCUT2D eigenvalue weighted by molar-refractivity contribution is 5.92. The molecular weight excluding hydrogens is 392 g/mol. The number of aromatic amines is 1. The van der Waals surface area contributed by atoms with Crippen molar-refractivity contribution in [2.24, 2.45) is 17.6 Å². The highest BCUT2D eigenvalue weighted by Gasteiger charge is 2.28. The molecule has 0 bridgehead atoms. The minimum atomic E-state index is -0.581. The Kier molecular flexibility index (Phi) is 9.24. The molecule has 7 heteroatoms. The van der Waals surface area contributed by atoms with E-state index in [1.165, 1.54) is 0 Å². The molecule has 31 heavy (non-hydrogen) atoms. The number of rotatable bonds is 13. The lowest BCUT2D eigenvalue weighted by atomic mass is 9.85. The summed E-state index contributed by atoms with van der Waals surface area (Å²) in [6.45, 7) is 8.15. The van der Waals surface area contributed by atoms with Gasteiger partial charge in [-0.2, -0.15) is 0 Å². The van der Waals surface area contributed by atoms with Crippen molar-refractivity contribution in [3.8, 4) is 0 Å². The van der Waals surface area contributed by atoms with Crippen molar-refractivity contribution in [1.82, 2.24) is 15.6 Å². The van der Waals surface area contributed by atoms with Gasteiger partial charge in [-0.25, -0.2) is 4.79 Å². The summed E-state index contributed by atoms with van der Waals surface area (Å²) in [6.07, 6.45) is 3.86. The van der Waals surface area contributed by atoms with Gasteiger partial charge in [0, 0.05) is 47.9 Å². The molecule has 0 spiro atoms. The van der Waals surface area contributed by atoms with Gasteiger partial charge < -0.3 is 21.4 Å². The molecule has 1 aromatic heterocycles. The largest absolute Gasteiger partial charge is 0.361 e. The van der Waals surface area contributed by atoms with Crippen molar-refractivity contribution in [3.05, 3.63) is 36.0 Å². The van der Waals surface area contributed by atoms with Crippen LogP contribution in [-0.4, -0.2) is 41.2 Å². The quantitative estimate of drug-likeness (QED) is 0.366. The number of fused-ring (bicyclic) bond motifs is 1. The Morgan fingerprint density at radius 1 is 1.10 bits per heavy atom. The summed E-state index contributed by atoms with van der Waals surface area (Å²) >= 11 is 0. The van der Waals surface area contributed by atoms with Crippen LogP contribution in [-0.2, 0) is 16.0 Å². The van der Waals surface area contributed by atoms with Gasteiger partial charge in [-0.3, -0.25) is 9.59 Å². The van der Waals surface area contributed by atoms with Gasteiger partial charge in [-0.05, 0) is 30.9 Å². The van der Waals surface area contributed by atoms with E-state index in [-0.39, 0.29) is 41.9 Å². The number of hydrogen-bond donors (Lipinski definition) is 4. The van der Waals surface area contributed by atoms with Gasteiger partial charge in [0.15, 0.2) is 5.78 Å². The second-order valence-corrected chi connectivity index (χ2v) is 8.80. The molecule has 0 aliphatic rings. The Balaban J connectivity index is 2.13. The average molecular weight is 429 g/mol. The highest BCUT2D eigenvalue weighted by atomic mass is 16.2. The van der Waals surface area contributed by atoms with Crippen LogP contribution in [0.25, 0.3) is 10.9 Å². The van der Waals surface area contributed by atoms with E-state index in [1.807, 2.05) is 52.1 Å². The predicted molar refractivity (Wildman–Crippen MR) is 124 cm³/mol. The third kappa shape index (κ3) is 7.51. The average Bonchev–Trinajstić information content (AvgIpc) is 3.11. The van der Waals surface area contributed by atoms with Crippen molar-refractivity contribution in [3.63, 3.8) is 0 Å². The van der Waals surface area contributed by atoms with Gasteiger partial charge in [0.25, 0.3) is 0 Å². The van der Waals surface area contributed by atoms with Gasteiger partial charge in [0.2, 0.25) is 0 Å². The Labute approximate surface area is 184 Å². The van der Waals surface area contributed by atoms with Crippen molar-refractivity contribution in [1.29, 1.82) is 0 Å². The standard InChI is InChI=1S/C24H36N4O3/c1-15(2)23(30)17(8-7-11-26-24(25)31)13-22(29)21(28-16(3)4)12-18-14-27-20-10-6-5-9-19(18)20/h5-6,9-10,14-17,21,27-28H,7-8,11-13H2,1-4H3,(H3,25,26,31)/t17-,21-/m1/s1. The van der Waals surface area contributed by atoms with Crippen molar-refractivity contribution in [2.45, 2.75) is 65.5 Å². The molecule has 0 fully saturated rings. The zero-order valence-corrected chi connectivity index (χ0v) is 19.0. The van der Waals surface area contributed by atoms with Crippen LogP contribution in [0.2, 0.25) is 0 Å². The van der Waals surface area contributed by atoms with Crippen LogP contribution in [0.5, 0.6) is 0 Å². The number of amides is 2. The molecule has 1 heterocycles. The van der Waals surface area contributed by atoms with Crippen LogP contribution in [0.15, 0.2) is 30.5 Å². The summed E-state index contributed by atoms with van der Waals surface area (Å²) in [7, 11) is 0. The molecule has 0 saturated carbocycles. The number of Topliss-reactive ketones (excluding diaryl/α,β-unsaturated/α-hetero) is 2. The molecule has 0 aliphatic carbocycles. The molecule has 0 unspecified atom stereocenters. The smallest absolute Gasteiger partial charge is 0.312 e. The molecule has 0 radical (unpaired) electrons. The summed E-state index contributed by atoms with van der Waals surface area (Å²) in [6, 6.07) is 7.22. The number of carbonyl (C=O) groups excluding carboxylic acids is 3. The monoisotopic (exact) mass is 428 g/mol. The van der Waals surface area contributed by atoms with Crippen LogP contribution in [0.4, 0.5) is 4.79 Å².